The normalized spacial score (nSPS) is 15.8. The number of rotatable bonds is 3. The van der Waals surface area contributed by atoms with Crippen LogP contribution in [0.1, 0.15) is 5.69 Å². The molecular weight excluding hydrogens is 375 g/mol. The molecule has 0 saturated carbocycles. The molecule has 19 heavy (non-hydrogen) atoms. The Kier molecular flexibility index (Phi) is 7.29. The number of aliphatic imine (C=N–C) groups is 1. The van der Waals surface area contributed by atoms with Crippen molar-refractivity contribution in [2.75, 3.05) is 31.7 Å². The Morgan fingerprint density at radius 3 is 2.79 bits per heavy atom. The summed E-state index contributed by atoms with van der Waals surface area (Å²) in [5.41, 5.74) is 6.86. The summed E-state index contributed by atoms with van der Waals surface area (Å²) in [6, 6.07) is 3.78. The van der Waals surface area contributed by atoms with Crippen molar-refractivity contribution in [3.05, 3.63) is 24.0 Å². The van der Waals surface area contributed by atoms with Crippen LogP contribution in [0.5, 0.6) is 5.75 Å². The van der Waals surface area contributed by atoms with E-state index in [0.717, 1.165) is 36.0 Å². The summed E-state index contributed by atoms with van der Waals surface area (Å²) in [5, 5.41) is 0. The van der Waals surface area contributed by atoms with Gasteiger partial charge in [0.2, 0.25) is 0 Å². The van der Waals surface area contributed by atoms with Gasteiger partial charge in [0.15, 0.2) is 5.96 Å². The lowest BCUT2D eigenvalue weighted by Crippen LogP contribution is -2.42. The molecule has 0 unspecified atom stereocenters. The average molecular weight is 394 g/mol. The molecule has 5 nitrogen and oxygen atoms in total. The molecule has 1 aliphatic rings. The van der Waals surface area contributed by atoms with Gasteiger partial charge in [-0.3, -0.25) is 4.98 Å². The van der Waals surface area contributed by atoms with Crippen LogP contribution in [0, 0.1) is 0 Å². The van der Waals surface area contributed by atoms with E-state index in [1.807, 2.05) is 23.9 Å². The minimum absolute atomic E-state index is 0. The summed E-state index contributed by atoms with van der Waals surface area (Å²) < 4.78 is 5.06. The first-order valence-electron chi connectivity index (χ1n) is 5.91. The Labute approximate surface area is 135 Å². The third-order valence-corrected chi connectivity index (χ3v) is 3.71. The standard InChI is InChI=1S/C12H18N4OS.HI/c1-17-11-3-2-10(14-9-11)8-15-12(13)16-4-6-18-7-5-16;/h2-3,9H,4-8H2,1H3,(H2,13,15);1H. The quantitative estimate of drug-likeness (QED) is 0.479. The summed E-state index contributed by atoms with van der Waals surface area (Å²) in [6.45, 7) is 2.48. The molecule has 1 aliphatic heterocycles. The molecule has 0 amide bonds. The molecule has 1 saturated heterocycles. The predicted molar refractivity (Wildman–Crippen MR) is 90.4 cm³/mol. The zero-order valence-corrected chi connectivity index (χ0v) is 14.1. The van der Waals surface area contributed by atoms with Gasteiger partial charge < -0.3 is 15.4 Å². The molecule has 0 atom stereocenters. The Balaban J connectivity index is 0.00000180. The molecule has 2 rings (SSSR count). The van der Waals surface area contributed by atoms with Crippen molar-refractivity contribution in [2.45, 2.75) is 6.54 Å². The second-order valence-electron chi connectivity index (χ2n) is 3.96. The van der Waals surface area contributed by atoms with E-state index >= 15 is 0 Å². The van der Waals surface area contributed by atoms with Crippen molar-refractivity contribution < 1.29 is 4.74 Å². The molecule has 2 heterocycles. The van der Waals surface area contributed by atoms with Gasteiger partial charge in [-0.15, -0.1) is 24.0 Å². The van der Waals surface area contributed by atoms with E-state index in [1.54, 1.807) is 13.3 Å². The maximum Gasteiger partial charge on any atom is 0.191 e. The molecule has 1 fully saturated rings. The first-order chi connectivity index (χ1) is 8.79. The molecule has 0 radical (unpaired) electrons. The van der Waals surface area contributed by atoms with Crippen LogP contribution in [0.25, 0.3) is 0 Å². The largest absolute Gasteiger partial charge is 0.495 e. The highest BCUT2D eigenvalue weighted by Gasteiger charge is 2.11. The first-order valence-corrected chi connectivity index (χ1v) is 7.06. The van der Waals surface area contributed by atoms with Crippen molar-refractivity contribution in [2.24, 2.45) is 10.7 Å². The Morgan fingerprint density at radius 2 is 2.21 bits per heavy atom. The molecule has 0 bridgehead atoms. The Bertz CT molecular complexity index is 407. The van der Waals surface area contributed by atoms with E-state index in [9.17, 15) is 0 Å². The number of hydrogen-bond acceptors (Lipinski definition) is 4. The number of methoxy groups -OCH3 is 1. The van der Waals surface area contributed by atoms with Gasteiger partial charge in [-0.25, -0.2) is 4.99 Å². The molecule has 1 aromatic rings. The second-order valence-corrected chi connectivity index (χ2v) is 5.19. The average Bonchev–Trinajstić information content (AvgIpc) is 2.46. The number of pyridine rings is 1. The molecule has 7 heteroatoms. The van der Waals surface area contributed by atoms with E-state index in [4.69, 9.17) is 10.5 Å². The van der Waals surface area contributed by atoms with Crippen molar-refractivity contribution in [3.8, 4) is 5.75 Å². The van der Waals surface area contributed by atoms with Gasteiger partial charge in [0, 0.05) is 24.6 Å². The summed E-state index contributed by atoms with van der Waals surface area (Å²) in [5.74, 6) is 3.62. The number of guanidine groups is 1. The van der Waals surface area contributed by atoms with Gasteiger partial charge in [-0.05, 0) is 12.1 Å². The van der Waals surface area contributed by atoms with Crippen LogP contribution in [0.3, 0.4) is 0 Å². The van der Waals surface area contributed by atoms with Crippen molar-refractivity contribution in [1.29, 1.82) is 0 Å². The molecule has 2 N–H and O–H groups in total. The topological polar surface area (TPSA) is 63.7 Å². The lowest BCUT2D eigenvalue weighted by Gasteiger charge is -2.27. The smallest absolute Gasteiger partial charge is 0.191 e. The number of halogens is 1. The summed E-state index contributed by atoms with van der Waals surface area (Å²) in [7, 11) is 1.63. The van der Waals surface area contributed by atoms with Gasteiger partial charge in [0.05, 0.1) is 25.5 Å². The van der Waals surface area contributed by atoms with Crippen LogP contribution < -0.4 is 10.5 Å². The number of thioether (sulfide) groups is 1. The zero-order chi connectivity index (χ0) is 12.8. The molecule has 0 aromatic carbocycles. The molecular formula is C12H19IN4OS. The van der Waals surface area contributed by atoms with Crippen LogP contribution in [-0.4, -0.2) is 47.5 Å². The molecule has 1 aromatic heterocycles. The second kappa shape index (κ2) is 8.47. The third kappa shape index (κ3) is 5.06. The van der Waals surface area contributed by atoms with Gasteiger partial charge >= 0.3 is 0 Å². The highest BCUT2D eigenvalue weighted by molar-refractivity contribution is 14.0. The minimum atomic E-state index is 0. The fourth-order valence-corrected chi connectivity index (χ4v) is 2.58. The molecule has 0 spiro atoms. The van der Waals surface area contributed by atoms with Crippen molar-refractivity contribution >= 4 is 41.7 Å². The lowest BCUT2D eigenvalue weighted by atomic mass is 10.3. The number of nitrogens with zero attached hydrogens (tertiary/aromatic N) is 3. The number of ether oxygens (including phenoxy) is 1. The van der Waals surface area contributed by atoms with E-state index in [-0.39, 0.29) is 24.0 Å². The summed E-state index contributed by atoms with van der Waals surface area (Å²) in [4.78, 5) is 10.8. The maximum absolute atomic E-state index is 5.97. The van der Waals surface area contributed by atoms with E-state index in [2.05, 4.69) is 14.9 Å². The number of nitrogens with two attached hydrogens (primary N) is 1. The van der Waals surface area contributed by atoms with Crippen molar-refractivity contribution in [3.63, 3.8) is 0 Å². The highest BCUT2D eigenvalue weighted by Crippen LogP contribution is 2.10. The predicted octanol–water partition coefficient (Wildman–Crippen LogP) is 1.57. The fraction of sp³-hybridized carbons (Fsp3) is 0.500. The maximum atomic E-state index is 5.97. The first kappa shape index (κ1) is 16.4. The van der Waals surface area contributed by atoms with E-state index in [1.165, 1.54) is 0 Å². The minimum Gasteiger partial charge on any atom is -0.495 e. The van der Waals surface area contributed by atoms with E-state index < -0.39 is 0 Å². The zero-order valence-electron chi connectivity index (χ0n) is 10.9. The summed E-state index contributed by atoms with van der Waals surface area (Å²) >= 11 is 1.96. The van der Waals surface area contributed by atoms with Gasteiger partial charge in [-0.2, -0.15) is 11.8 Å². The summed E-state index contributed by atoms with van der Waals surface area (Å²) in [6.07, 6.45) is 1.69. The van der Waals surface area contributed by atoms with Gasteiger partial charge in [0.1, 0.15) is 5.75 Å². The van der Waals surface area contributed by atoms with Crippen molar-refractivity contribution in [1.82, 2.24) is 9.88 Å². The number of hydrogen-bond donors (Lipinski definition) is 1. The Morgan fingerprint density at radius 1 is 1.47 bits per heavy atom. The number of aromatic nitrogens is 1. The van der Waals surface area contributed by atoms with Crippen LogP contribution in [0.15, 0.2) is 23.3 Å². The van der Waals surface area contributed by atoms with E-state index in [0.29, 0.717) is 12.5 Å². The highest BCUT2D eigenvalue weighted by atomic mass is 127. The molecule has 0 aliphatic carbocycles. The van der Waals surface area contributed by atoms with Crippen LogP contribution in [0.4, 0.5) is 0 Å². The van der Waals surface area contributed by atoms with Crippen LogP contribution in [0.2, 0.25) is 0 Å². The fourth-order valence-electron chi connectivity index (χ4n) is 1.68. The van der Waals surface area contributed by atoms with Gasteiger partial charge in [0.25, 0.3) is 0 Å². The van der Waals surface area contributed by atoms with Crippen LogP contribution in [-0.2, 0) is 6.54 Å². The lowest BCUT2D eigenvalue weighted by molar-refractivity contribution is 0.412. The monoisotopic (exact) mass is 394 g/mol. The third-order valence-electron chi connectivity index (χ3n) is 2.77. The SMILES string of the molecule is COc1ccc(CN=C(N)N2CCSCC2)nc1.I. The van der Waals surface area contributed by atoms with Gasteiger partial charge in [-0.1, -0.05) is 0 Å². The molecule has 106 valence electrons. The van der Waals surface area contributed by atoms with Crippen LogP contribution >= 0.6 is 35.7 Å². The Hall–Kier alpha value is -0.700.